The molecule has 2 aromatic rings. The van der Waals surface area contributed by atoms with Gasteiger partial charge in [-0.3, -0.25) is 14.4 Å². The summed E-state index contributed by atoms with van der Waals surface area (Å²) in [6, 6.07) is 7.98. The molecule has 0 spiro atoms. The number of nitrogens with zero attached hydrogens (tertiary/aromatic N) is 4. The molecule has 3 rings (SSSR count). The van der Waals surface area contributed by atoms with Crippen molar-refractivity contribution in [3.8, 4) is 5.75 Å². The van der Waals surface area contributed by atoms with E-state index in [-0.39, 0.29) is 24.6 Å². The van der Waals surface area contributed by atoms with Crippen LogP contribution in [0.1, 0.15) is 17.3 Å². The number of hydrogen-bond donors (Lipinski definition) is 1. The van der Waals surface area contributed by atoms with E-state index < -0.39 is 5.97 Å². The van der Waals surface area contributed by atoms with E-state index in [4.69, 9.17) is 9.47 Å². The summed E-state index contributed by atoms with van der Waals surface area (Å²) in [6.45, 7) is 5.46. The summed E-state index contributed by atoms with van der Waals surface area (Å²) < 4.78 is 11.7. The van der Waals surface area contributed by atoms with E-state index in [2.05, 4.69) is 20.2 Å². The number of piperazine rings is 1. The fourth-order valence-electron chi connectivity index (χ4n) is 3.28. The molecule has 29 heavy (non-hydrogen) atoms. The van der Waals surface area contributed by atoms with Crippen LogP contribution in [0.25, 0.3) is 0 Å². The molecule has 0 atom stereocenters. The highest BCUT2D eigenvalue weighted by atomic mass is 16.5. The standard InChI is InChI=1S/C20H27N5O4/c1-4-29-20(27)17-13-21-23(2)19(17)22-18(26)14-24-9-11-25(12-10-24)15-5-7-16(28-3)8-6-15/h5-8,13H,4,9-12,14H2,1-3H3,(H,22,26). The largest absolute Gasteiger partial charge is 0.497 e. The lowest BCUT2D eigenvalue weighted by atomic mass is 10.2. The van der Waals surface area contributed by atoms with Crippen molar-refractivity contribution in [1.29, 1.82) is 0 Å². The number of carbonyl (C=O) groups is 2. The van der Waals surface area contributed by atoms with Crippen LogP contribution in [-0.4, -0.2) is 73.0 Å². The minimum absolute atomic E-state index is 0.183. The van der Waals surface area contributed by atoms with Crippen molar-refractivity contribution in [2.75, 3.05) is 56.7 Å². The second-order valence-corrected chi connectivity index (χ2v) is 6.76. The molecule has 9 heteroatoms. The maximum Gasteiger partial charge on any atom is 0.343 e. The van der Waals surface area contributed by atoms with Gasteiger partial charge in [-0.25, -0.2) is 4.79 Å². The molecule has 1 fully saturated rings. The Bertz CT molecular complexity index is 841. The minimum atomic E-state index is -0.496. The van der Waals surface area contributed by atoms with Gasteiger partial charge >= 0.3 is 5.97 Å². The van der Waals surface area contributed by atoms with Gasteiger partial charge in [0.05, 0.1) is 26.5 Å². The third kappa shape index (κ3) is 5.05. The molecule has 0 aliphatic carbocycles. The number of ether oxygens (including phenoxy) is 2. The van der Waals surface area contributed by atoms with E-state index in [1.54, 1.807) is 21.1 Å². The molecule has 1 aromatic heterocycles. The molecule has 1 aromatic carbocycles. The zero-order valence-corrected chi connectivity index (χ0v) is 17.1. The summed E-state index contributed by atoms with van der Waals surface area (Å²) in [6.07, 6.45) is 1.40. The predicted molar refractivity (Wildman–Crippen MR) is 109 cm³/mol. The van der Waals surface area contributed by atoms with Gasteiger partial charge in [-0.2, -0.15) is 5.10 Å². The van der Waals surface area contributed by atoms with Gasteiger partial charge in [0.25, 0.3) is 0 Å². The number of methoxy groups -OCH3 is 1. The van der Waals surface area contributed by atoms with Gasteiger partial charge in [0.15, 0.2) is 0 Å². The summed E-state index contributed by atoms with van der Waals surface area (Å²) in [7, 11) is 3.33. The van der Waals surface area contributed by atoms with Crippen LogP contribution in [0.15, 0.2) is 30.5 Å². The molecule has 0 saturated carbocycles. The Kier molecular flexibility index (Phi) is 6.71. The van der Waals surface area contributed by atoms with Crippen LogP contribution in [0.3, 0.4) is 0 Å². The van der Waals surface area contributed by atoms with E-state index in [0.717, 1.165) is 37.6 Å². The number of hydrogen-bond acceptors (Lipinski definition) is 7. The molecule has 1 amide bonds. The SMILES string of the molecule is CCOC(=O)c1cnn(C)c1NC(=O)CN1CCN(c2ccc(OC)cc2)CC1. The maximum atomic E-state index is 12.5. The smallest absolute Gasteiger partial charge is 0.343 e. The molecular weight excluding hydrogens is 374 g/mol. The zero-order chi connectivity index (χ0) is 20.8. The number of aromatic nitrogens is 2. The van der Waals surface area contributed by atoms with Gasteiger partial charge < -0.3 is 19.7 Å². The van der Waals surface area contributed by atoms with E-state index in [9.17, 15) is 9.59 Å². The monoisotopic (exact) mass is 401 g/mol. The molecule has 0 unspecified atom stereocenters. The summed E-state index contributed by atoms with van der Waals surface area (Å²) in [5, 5.41) is 6.84. The lowest BCUT2D eigenvalue weighted by molar-refractivity contribution is -0.117. The Morgan fingerprint density at radius 2 is 1.83 bits per heavy atom. The molecule has 1 aliphatic rings. The van der Waals surface area contributed by atoms with E-state index in [1.165, 1.54) is 10.9 Å². The van der Waals surface area contributed by atoms with Gasteiger partial charge in [0, 0.05) is 38.9 Å². The Hall–Kier alpha value is -3.07. The second kappa shape index (κ2) is 9.42. The highest BCUT2D eigenvalue weighted by Crippen LogP contribution is 2.20. The molecule has 2 heterocycles. The van der Waals surface area contributed by atoms with Crippen molar-refractivity contribution < 1.29 is 19.1 Å². The van der Waals surface area contributed by atoms with Crippen molar-refractivity contribution in [2.24, 2.45) is 7.05 Å². The summed E-state index contributed by atoms with van der Waals surface area (Å²) in [5.74, 6) is 0.507. The van der Waals surface area contributed by atoms with Crippen LogP contribution in [0.2, 0.25) is 0 Å². The number of esters is 1. The fourth-order valence-corrected chi connectivity index (χ4v) is 3.28. The Morgan fingerprint density at radius 3 is 2.45 bits per heavy atom. The number of rotatable bonds is 7. The van der Waals surface area contributed by atoms with E-state index in [0.29, 0.717) is 5.82 Å². The third-order valence-electron chi connectivity index (χ3n) is 4.87. The first kappa shape index (κ1) is 20.7. The van der Waals surface area contributed by atoms with Gasteiger partial charge in [-0.15, -0.1) is 0 Å². The molecule has 1 saturated heterocycles. The number of amides is 1. The molecule has 0 bridgehead atoms. The lowest BCUT2D eigenvalue weighted by Gasteiger charge is -2.35. The van der Waals surface area contributed by atoms with Crippen LogP contribution in [0.5, 0.6) is 5.75 Å². The Morgan fingerprint density at radius 1 is 1.14 bits per heavy atom. The van der Waals surface area contributed by atoms with Crippen molar-refractivity contribution in [1.82, 2.24) is 14.7 Å². The molecule has 1 N–H and O–H groups in total. The summed E-state index contributed by atoms with van der Waals surface area (Å²) in [4.78, 5) is 28.9. The highest BCUT2D eigenvalue weighted by molar-refractivity contribution is 6.00. The first-order chi connectivity index (χ1) is 14.0. The van der Waals surface area contributed by atoms with Crippen LogP contribution in [-0.2, 0) is 16.6 Å². The first-order valence-electron chi connectivity index (χ1n) is 9.62. The van der Waals surface area contributed by atoms with Gasteiger partial charge in [0.2, 0.25) is 5.91 Å². The number of anilines is 2. The molecule has 0 radical (unpaired) electrons. The molecule has 156 valence electrons. The Labute approximate surface area is 170 Å². The highest BCUT2D eigenvalue weighted by Gasteiger charge is 2.22. The molecule has 1 aliphatic heterocycles. The average Bonchev–Trinajstić information content (AvgIpc) is 3.09. The second-order valence-electron chi connectivity index (χ2n) is 6.76. The van der Waals surface area contributed by atoms with Crippen LogP contribution in [0.4, 0.5) is 11.5 Å². The predicted octanol–water partition coefficient (Wildman–Crippen LogP) is 1.37. The van der Waals surface area contributed by atoms with Crippen LogP contribution >= 0.6 is 0 Å². The minimum Gasteiger partial charge on any atom is -0.497 e. The zero-order valence-electron chi connectivity index (χ0n) is 17.1. The number of benzene rings is 1. The van der Waals surface area contributed by atoms with Gasteiger partial charge in [-0.1, -0.05) is 0 Å². The average molecular weight is 401 g/mol. The quantitative estimate of drug-likeness (QED) is 0.701. The lowest BCUT2D eigenvalue weighted by Crippen LogP contribution is -2.48. The van der Waals surface area contributed by atoms with Crippen molar-refractivity contribution >= 4 is 23.4 Å². The van der Waals surface area contributed by atoms with Gasteiger partial charge in [0.1, 0.15) is 17.1 Å². The van der Waals surface area contributed by atoms with Crippen LogP contribution < -0.4 is 15.0 Å². The normalized spacial score (nSPS) is 14.5. The van der Waals surface area contributed by atoms with E-state index in [1.807, 2.05) is 24.3 Å². The molecule has 9 nitrogen and oxygen atoms in total. The maximum absolute atomic E-state index is 12.5. The Balaban J connectivity index is 1.52. The fraction of sp³-hybridized carbons (Fsp3) is 0.450. The van der Waals surface area contributed by atoms with E-state index >= 15 is 0 Å². The topological polar surface area (TPSA) is 88.9 Å². The number of aryl methyl sites for hydroxylation is 1. The first-order valence-corrected chi connectivity index (χ1v) is 9.62. The van der Waals surface area contributed by atoms with Crippen molar-refractivity contribution in [3.05, 3.63) is 36.0 Å². The van der Waals surface area contributed by atoms with Crippen molar-refractivity contribution in [3.63, 3.8) is 0 Å². The van der Waals surface area contributed by atoms with Crippen molar-refractivity contribution in [2.45, 2.75) is 6.92 Å². The van der Waals surface area contributed by atoms with Gasteiger partial charge in [-0.05, 0) is 31.2 Å². The molecular formula is C20H27N5O4. The summed E-state index contributed by atoms with van der Waals surface area (Å²) >= 11 is 0. The number of carbonyl (C=O) groups excluding carboxylic acids is 2. The van der Waals surface area contributed by atoms with Crippen LogP contribution in [0, 0.1) is 0 Å². The third-order valence-corrected chi connectivity index (χ3v) is 4.87. The summed E-state index contributed by atoms with van der Waals surface area (Å²) in [5.41, 5.74) is 1.40. The number of nitrogens with one attached hydrogen (secondary N) is 1.